The normalized spacial score (nSPS) is 30.7. The Balaban J connectivity index is 1.76. The maximum Gasteiger partial charge on any atom is 0.233 e. The first-order valence-corrected chi connectivity index (χ1v) is 5.68. The Bertz CT molecular complexity index is 270. The molecule has 2 amide bonds. The van der Waals surface area contributed by atoms with Crippen LogP contribution in [0.25, 0.3) is 0 Å². The lowest BCUT2D eigenvalue weighted by atomic mass is 10.1. The van der Waals surface area contributed by atoms with Crippen LogP contribution in [0.3, 0.4) is 0 Å². The van der Waals surface area contributed by atoms with E-state index in [1.54, 1.807) is 0 Å². The summed E-state index contributed by atoms with van der Waals surface area (Å²) in [6.45, 7) is 2.41. The van der Waals surface area contributed by atoms with E-state index in [0.717, 1.165) is 12.8 Å². The Morgan fingerprint density at radius 1 is 1.40 bits per heavy atom. The molecule has 3 atom stereocenters. The number of fused-ring (bicyclic) bond motifs is 1. The number of piperidine rings is 1. The molecule has 15 heavy (non-hydrogen) atoms. The average molecular weight is 211 g/mol. The molecule has 1 saturated carbocycles. The lowest BCUT2D eigenvalue weighted by molar-refractivity contribution is -0.141. The van der Waals surface area contributed by atoms with Gasteiger partial charge in [0.2, 0.25) is 11.8 Å². The number of aliphatic hydroxyl groups excluding tert-OH is 1. The SMILES string of the molecule is CCC(O)CCCN1C(=O)C2CC2C1=O. The molecule has 84 valence electrons. The fourth-order valence-electron chi connectivity index (χ4n) is 2.16. The van der Waals surface area contributed by atoms with E-state index >= 15 is 0 Å². The van der Waals surface area contributed by atoms with Gasteiger partial charge in [0.25, 0.3) is 0 Å². The summed E-state index contributed by atoms with van der Waals surface area (Å²) in [6, 6.07) is 0. The molecule has 1 aliphatic carbocycles. The second kappa shape index (κ2) is 3.93. The molecule has 0 radical (unpaired) electrons. The third-order valence-corrected chi connectivity index (χ3v) is 3.35. The Morgan fingerprint density at radius 3 is 2.53 bits per heavy atom. The average Bonchev–Trinajstić information content (AvgIpc) is 2.97. The molecule has 0 bridgehead atoms. The minimum Gasteiger partial charge on any atom is -0.393 e. The monoisotopic (exact) mass is 211 g/mol. The van der Waals surface area contributed by atoms with Crippen molar-refractivity contribution in [3.63, 3.8) is 0 Å². The van der Waals surface area contributed by atoms with Crippen LogP contribution in [-0.2, 0) is 9.59 Å². The zero-order valence-corrected chi connectivity index (χ0v) is 8.98. The van der Waals surface area contributed by atoms with E-state index in [2.05, 4.69) is 0 Å². The predicted molar refractivity (Wildman–Crippen MR) is 53.8 cm³/mol. The molecule has 2 rings (SSSR count). The van der Waals surface area contributed by atoms with E-state index in [1.165, 1.54) is 4.90 Å². The second-order valence-electron chi connectivity index (χ2n) is 4.48. The number of rotatable bonds is 5. The minimum absolute atomic E-state index is 0.00796. The zero-order valence-electron chi connectivity index (χ0n) is 8.98. The highest BCUT2D eigenvalue weighted by molar-refractivity contribution is 6.08. The smallest absolute Gasteiger partial charge is 0.233 e. The molecule has 4 nitrogen and oxygen atoms in total. The van der Waals surface area contributed by atoms with E-state index in [1.807, 2.05) is 6.92 Å². The van der Waals surface area contributed by atoms with Crippen molar-refractivity contribution in [2.24, 2.45) is 11.8 Å². The van der Waals surface area contributed by atoms with Crippen LogP contribution in [0.4, 0.5) is 0 Å². The molecule has 3 unspecified atom stereocenters. The van der Waals surface area contributed by atoms with Crippen LogP contribution in [-0.4, -0.2) is 34.5 Å². The number of hydrogen-bond acceptors (Lipinski definition) is 3. The van der Waals surface area contributed by atoms with Crippen molar-refractivity contribution in [1.82, 2.24) is 4.90 Å². The Kier molecular flexibility index (Phi) is 2.78. The molecule has 0 aromatic heterocycles. The fourth-order valence-corrected chi connectivity index (χ4v) is 2.16. The number of amides is 2. The molecule has 0 spiro atoms. The van der Waals surface area contributed by atoms with Gasteiger partial charge in [0, 0.05) is 6.54 Å². The summed E-state index contributed by atoms with van der Waals surface area (Å²) in [4.78, 5) is 24.5. The van der Waals surface area contributed by atoms with Crippen LogP contribution in [0, 0.1) is 11.8 Å². The molecule has 1 aliphatic heterocycles. The summed E-state index contributed by atoms with van der Waals surface area (Å²) in [5, 5.41) is 9.34. The van der Waals surface area contributed by atoms with Crippen LogP contribution >= 0.6 is 0 Å². The number of nitrogens with zero attached hydrogens (tertiary/aromatic N) is 1. The van der Waals surface area contributed by atoms with Crippen molar-refractivity contribution in [3.05, 3.63) is 0 Å². The quantitative estimate of drug-likeness (QED) is 0.675. The standard InChI is InChI=1S/C11H17NO3/c1-2-7(13)4-3-5-12-10(14)8-6-9(8)11(12)15/h7-9,13H,2-6H2,1H3. The summed E-state index contributed by atoms with van der Waals surface area (Å²) in [5.74, 6) is 0.0363. The summed E-state index contributed by atoms with van der Waals surface area (Å²) in [7, 11) is 0. The van der Waals surface area contributed by atoms with Crippen molar-refractivity contribution in [2.75, 3.05) is 6.54 Å². The maximum atomic E-state index is 11.5. The highest BCUT2D eigenvalue weighted by atomic mass is 16.3. The van der Waals surface area contributed by atoms with E-state index < -0.39 is 0 Å². The van der Waals surface area contributed by atoms with Gasteiger partial charge < -0.3 is 5.11 Å². The molecule has 2 fully saturated rings. The highest BCUT2D eigenvalue weighted by Crippen LogP contribution is 2.46. The number of likely N-dealkylation sites (tertiary alicyclic amines) is 1. The van der Waals surface area contributed by atoms with Crippen molar-refractivity contribution in [2.45, 2.75) is 38.7 Å². The van der Waals surface area contributed by atoms with Gasteiger partial charge in [-0.15, -0.1) is 0 Å². The predicted octanol–water partition coefficient (Wildman–Crippen LogP) is 0.542. The van der Waals surface area contributed by atoms with Gasteiger partial charge in [0.05, 0.1) is 17.9 Å². The Hall–Kier alpha value is -0.900. The summed E-state index contributed by atoms with van der Waals surface area (Å²) < 4.78 is 0. The zero-order chi connectivity index (χ0) is 11.0. The molecular formula is C11H17NO3. The first kappa shape index (κ1) is 10.6. The molecule has 2 aliphatic rings. The van der Waals surface area contributed by atoms with Crippen molar-refractivity contribution >= 4 is 11.8 Å². The maximum absolute atomic E-state index is 11.5. The van der Waals surface area contributed by atoms with Gasteiger partial charge in [-0.3, -0.25) is 14.5 Å². The topological polar surface area (TPSA) is 57.6 Å². The summed E-state index contributed by atoms with van der Waals surface area (Å²) in [6.07, 6.45) is 2.58. The summed E-state index contributed by atoms with van der Waals surface area (Å²) >= 11 is 0. The van der Waals surface area contributed by atoms with Crippen LogP contribution in [0.5, 0.6) is 0 Å². The number of carbonyl (C=O) groups excluding carboxylic acids is 2. The molecule has 1 heterocycles. The van der Waals surface area contributed by atoms with E-state index in [0.29, 0.717) is 19.4 Å². The van der Waals surface area contributed by atoms with Gasteiger partial charge in [-0.1, -0.05) is 6.92 Å². The molecule has 0 aromatic rings. The van der Waals surface area contributed by atoms with Crippen LogP contribution < -0.4 is 0 Å². The van der Waals surface area contributed by atoms with Crippen molar-refractivity contribution < 1.29 is 14.7 Å². The van der Waals surface area contributed by atoms with Gasteiger partial charge in [-0.25, -0.2) is 0 Å². The number of imide groups is 1. The van der Waals surface area contributed by atoms with Crippen LogP contribution in [0.15, 0.2) is 0 Å². The van der Waals surface area contributed by atoms with Crippen molar-refractivity contribution in [3.8, 4) is 0 Å². The number of hydrogen-bond donors (Lipinski definition) is 1. The first-order valence-electron chi connectivity index (χ1n) is 5.68. The molecule has 4 heteroatoms. The number of aliphatic hydroxyl groups is 1. The molecule has 1 N–H and O–H groups in total. The van der Waals surface area contributed by atoms with Gasteiger partial charge in [0.1, 0.15) is 0 Å². The minimum atomic E-state index is -0.299. The lowest BCUT2D eigenvalue weighted by Gasteiger charge is -2.16. The van der Waals surface area contributed by atoms with Crippen molar-refractivity contribution in [1.29, 1.82) is 0 Å². The third kappa shape index (κ3) is 1.91. The Morgan fingerprint density at radius 2 is 2.00 bits per heavy atom. The van der Waals surface area contributed by atoms with Gasteiger partial charge in [-0.05, 0) is 25.7 Å². The molecular weight excluding hydrogens is 194 g/mol. The van der Waals surface area contributed by atoms with Gasteiger partial charge in [0.15, 0.2) is 0 Å². The third-order valence-electron chi connectivity index (χ3n) is 3.35. The van der Waals surface area contributed by atoms with Crippen LogP contribution in [0.2, 0.25) is 0 Å². The number of carbonyl (C=O) groups is 2. The fraction of sp³-hybridized carbons (Fsp3) is 0.818. The summed E-state index contributed by atoms with van der Waals surface area (Å²) in [5.41, 5.74) is 0. The molecule has 0 aromatic carbocycles. The van der Waals surface area contributed by atoms with E-state index in [4.69, 9.17) is 0 Å². The van der Waals surface area contributed by atoms with Gasteiger partial charge in [-0.2, -0.15) is 0 Å². The van der Waals surface area contributed by atoms with E-state index in [9.17, 15) is 14.7 Å². The molecule has 1 saturated heterocycles. The van der Waals surface area contributed by atoms with E-state index in [-0.39, 0.29) is 29.8 Å². The lowest BCUT2D eigenvalue weighted by Crippen LogP contribution is -2.34. The largest absolute Gasteiger partial charge is 0.393 e. The van der Waals surface area contributed by atoms with Crippen LogP contribution in [0.1, 0.15) is 32.6 Å². The first-order chi connectivity index (χ1) is 7.15. The Labute approximate surface area is 89.3 Å². The second-order valence-corrected chi connectivity index (χ2v) is 4.48. The van der Waals surface area contributed by atoms with Gasteiger partial charge >= 0.3 is 0 Å². The highest BCUT2D eigenvalue weighted by Gasteiger charge is 2.58.